The van der Waals surface area contributed by atoms with Gasteiger partial charge in [-0.25, -0.2) is 4.79 Å². The molecule has 6 nitrogen and oxygen atoms in total. The largest absolute Gasteiger partial charge is 0.496 e. The summed E-state index contributed by atoms with van der Waals surface area (Å²) in [6, 6.07) is 13.5. The molecular formula is C29H32BrNO5S. The van der Waals surface area contributed by atoms with E-state index >= 15 is 0 Å². The van der Waals surface area contributed by atoms with Crippen molar-refractivity contribution >= 4 is 39.4 Å². The maximum Gasteiger partial charge on any atom is 0.336 e. The van der Waals surface area contributed by atoms with Crippen LogP contribution in [0.4, 0.5) is 0 Å². The van der Waals surface area contributed by atoms with Gasteiger partial charge in [-0.2, -0.15) is 11.8 Å². The summed E-state index contributed by atoms with van der Waals surface area (Å²) in [5.74, 6) is 2.21. The van der Waals surface area contributed by atoms with Crippen LogP contribution in [0.1, 0.15) is 49.7 Å². The van der Waals surface area contributed by atoms with Crippen LogP contribution in [0.2, 0.25) is 0 Å². The molecule has 2 atom stereocenters. The molecule has 2 aliphatic rings. The minimum atomic E-state index is -0.532. The maximum atomic E-state index is 13.8. The summed E-state index contributed by atoms with van der Waals surface area (Å²) < 4.78 is 17.4. The first kappa shape index (κ1) is 27.3. The molecule has 0 fully saturated rings. The monoisotopic (exact) mass is 585 g/mol. The van der Waals surface area contributed by atoms with E-state index in [0.717, 1.165) is 38.6 Å². The van der Waals surface area contributed by atoms with Crippen molar-refractivity contribution in [2.45, 2.75) is 38.5 Å². The van der Waals surface area contributed by atoms with Gasteiger partial charge in [-0.05, 0) is 64.4 Å². The molecule has 1 N–H and O–H groups in total. The number of Topliss-reactive ketones (excluding diaryl/α,β-unsaturated/α-hetero) is 1. The molecule has 1 heterocycles. The molecule has 0 spiro atoms. The number of thioether (sulfide) groups is 1. The minimum absolute atomic E-state index is 0.0148. The van der Waals surface area contributed by atoms with Gasteiger partial charge in [-0.3, -0.25) is 4.79 Å². The van der Waals surface area contributed by atoms with Crippen molar-refractivity contribution in [1.82, 2.24) is 5.32 Å². The number of hydrogen-bond donors (Lipinski definition) is 1. The van der Waals surface area contributed by atoms with Gasteiger partial charge in [0.25, 0.3) is 0 Å². The first-order valence-corrected chi connectivity index (χ1v) is 14.3. The third kappa shape index (κ3) is 5.75. The number of halogens is 1. The highest BCUT2D eigenvalue weighted by molar-refractivity contribution is 9.10. The van der Waals surface area contributed by atoms with Crippen molar-refractivity contribution in [2.24, 2.45) is 0 Å². The van der Waals surface area contributed by atoms with Crippen LogP contribution in [0, 0.1) is 0 Å². The minimum Gasteiger partial charge on any atom is -0.496 e. The topological polar surface area (TPSA) is 73.9 Å². The van der Waals surface area contributed by atoms with Crippen LogP contribution in [0.15, 0.2) is 69.5 Å². The first-order chi connectivity index (χ1) is 17.9. The molecule has 0 unspecified atom stereocenters. The Kier molecular flexibility index (Phi) is 9.03. The zero-order valence-electron chi connectivity index (χ0n) is 21.6. The van der Waals surface area contributed by atoms with Gasteiger partial charge in [0.1, 0.15) is 18.1 Å². The number of methoxy groups -OCH3 is 2. The number of rotatable bonds is 9. The lowest BCUT2D eigenvalue weighted by atomic mass is 9.71. The average Bonchev–Trinajstić information content (AvgIpc) is 2.90. The van der Waals surface area contributed by atoms with E-state index in [9.17, 15) is 9.59 Å². The molecule has 2 aromatic rings. The quantitative estimate of drug-likeness (QED) is 0.280. The van der Waals surface area contributed by atoms with E-state index in [1.54, 1.807) is 26.0 Å². The Morgan fingerprint density at radius 2 is 1.86 bits per heavy atom. The van der Waals surface area contributed by atoms with Crippen molar-refractivity contribution in [3.8, 4) is 11.5 Å². The number of dihydropyridines is 1. The van der Waals surface area contributed by atoms with E-state index in [1.165, 1.54) is 0 Å². The predicted molar refractivity (Wildman–Crippen MR) is 150 cm³/mol. The summed E-state index contributed by atoms with van der Waals surface area (Å²) in [5.41, 5.74) is 4.50. The molecule has 196 valence electrons. The van der Waals surface area contributed by atoms with E-state index in [4.69, 9.17) is 14.2 Å². The van der Waals surface area contributed by atoms with Gasteiger partial charge >= 0.3 is 5.97 Å². The SMILES string of the molecule is CCSCCOC(=O)C1=C(C)NC2=C(C(=O)C[C@@H](c3ccccc3OC)C2)[C@@H]1c1ccc(OC)c(Br)c1. The van der Waals surface area contributed by atoms with Gasteiger partial charge in [0.05, 0.1) is 24.3 Å². The van der Waals surface area contributed by atoms with Gasteiger partial charge in [0.2, 0.25) is 0 Å². The molecule has 8 heteroatoms. The Bertz CT molecular complexity index is 1250. The standard InChI is InChI=1S/C29H32BrNO5S/c1-5-37-13-12-36-29(33)26-17(2)31-22-15-19(20-8-6-7-9-24(20)34-3)16-23(32)28(22)27(26)18-10-11-25(35-4)21(30)14-18/h6-11,14,19,27,31H,5,12-13,15-16H2,1-4H3/t19-,27+/m0/s1. The summed E-state index contributed by atoms with van der Waals surface area (Å²) >= 11 is 5.29. The second-order valence-electron chi connectivity index (χ2n) is 8.99. The van der Waals surface area contributed by atoms with Crippen LogP contribution in [-0.2, 0) is 14.3 Å². The lowest BCUT2D eigenvalue weighted by Crippen LogP contribution is -2.36. The average molecular weight is 587 g/mol. The molecule has 2 aromatic carbocycles. The lowest BCUT2D eigenvalue weighted by molar-refractivity contribution is -0.138. The number of benzene rings is 2. The molecule has 1 aliphatic carbocycles. The summed E-state index contributed by atoms with van der Waals surface area (Å²) in [4.78, 5) is 27.2. The van der Waals surface area contributed by atoms with E-state index in [2.05, 4.69) is 28.2 Å². The van der Waals surface area contributed by atoms with Crippen molar-refractivity contribution in [3.05, 3.63) is 80.6 Å². The molecule has 0 bridgehead atoms. The second-order valence-corrected chi connectivity index (χ2v) is 11.2. The second kappa shape index (κ2) is 12.2. The third-order valence-electron chi connectivity index (χ3n) is 6.80. The summed E-state index contributed by atoms with van der Waals surface area (Å²) in [6.45, 7) is 4.27. The normalized spacial score (nSPS) is 19.3. The van der Waals surface area contributed by atoms with Gasteiger partial charge in [-0.1, -0.05) is 31.2 Å². The van der Waals surface area contributed by atoms with Crippen molar-refractivity contribution in [1.29, 1.82) is 0 Å². The number of ketones is 1. The number of esters is 1. The highest BCUT2D eigenvalue weighted by atomic mass is 79.9. The first-order valence-electron chi connectivity index (χ1n) is 12.3. The summed E-state index contributed by atoms with van der Waals surface area (Å²) in [5, 5.41) is 3.41. The Balaban J connectivity index is 1.76. The number of carbonyl (C=O) groups excluding carboxylic acids is 2. The molecule has 4 rings (SSSR count). The van der Waals surface area contributed by atoms with E-state index < -0.39 is 11.9 Å². The van der Waals surface area contributed by atoms with Crippen LogP contribution in [0.25, 0.3) is 0 Å². The van der Waals surface area contributed by atoms with Gasteiger partial charge in [0.15, 0.2) is 5.78 Å². The molecular weight excluding hydrogens is 554 g/mol. The molecule has 0 radical (unpaired) electrons. The molecule has 0 saturated heterocycles. The smallest absolute Gasteiger partial charge is 0.336 e. The predicted octanol–water partition coefficient (Wildman–Crippen LogP) is 6.12. The summed E-state index contributed by atoms with van der Waals surface area (Å²) in [7, 11) is 3.25. The van der Waals surface area contributed by atoms with Crippen LogP contribution >= 0.6 is 27.7 Å². The Hall–Kier alpha value is -2.71. The van der Waals surface area contributed by atoms with Crippen molar-refractivity contribution in [2.75, 3.05) is 32.3 Å². The number of hydrogen-bond acceptors (Lipinski definition) is 7. The zero-order valence-corrected chi connectivity index (χ0v) is 24.0. The van der Waals surface area contributed by atoms with Gasteiger partial charge < -0.3 is 19.5 Å². The van der Waals surface area contributed by atoms with E-state index in [1.807, 2.05) is 49.4 Å². The molecule has 0 amide bonds. The Morgan fingerprint density at radius 1 is 1.11 bits per heavy atom. The molecule has 37 heavy (non-hydrogen) atoms. The van der Waals surface area contributed by atoms with Gasteiger partial charge in [-0.15, -0.1) is 0 Å². The third-order valence-corrected chi connectivity index (χ3v) is 8.28. The Morgan fingerprint density at radius 3 is 2.57 bits per heavy atom. The van der Waals surface area contributed by atoms with Crippen LogP contribution in [-0.4, -0.2) is 44.1 Å². The van der Waals surface area contributed by atoms with E-state index in [-0.39, 0.29) is 11.7 Å². The lowest BCUT2D eigenvalue weighted by Gasteiger charge is -2.37. The van der Waals surface area contributed by atoms with Crippen molar-refractivity contribution < 1.29 is 23.8 Å². The maximum absolute atomic E-state index is 13.8. The number of allylic oxidation sites excluding steroid dienone is 3. The number of para-hydroxylation sites is 1. The highest BCUT2D eigenvalue weighted by Gasteiger charge is 2.42. The molecule has 0 saturated carbocycles. The van der Waals surface area contributed by atoms with Gasteiger partial charge in [0, 0.05) is 41.0 Å². The highest BCUT2D eigenvalue weighted by Crippen LogP contribution is 2.47. The van der Waals surface area contributed by atoms with Crippen LogP contribution in [0.3, 0.4) is 0 Å². The van der Waals surface area contributed by atoms with E-state index in [0.29, 0.717) is 42.0 Å². The fourth-order valence-corrected chi connectivity index (χ4v) is 6.19. The number of carbonyl (C=O) groups is 2. The van der Waals surface area contributed by atoms with Crippen LogP contribution < -0.4 is 14.8 Å². The number of nitrogens with one attached hydrogen (secondary N) is 1. The fourth-order valence-electron chi connectivity index (χ4n) is 5.14. The Labute approximate surface area is 231 Å². The van der Waals surface area contributed by atoms with Crippen molar-refractivity contribution in [3.63, 3.8) is 0 Å². The molecule has 1 aliphatic heterocycles. The fraction of sp³-hybridized carbons (Fsp3) is 0.379. The number of ether oxygens (including phenoxy) is 3. The molecule has 0 aromatic heterocycles. The zero-order chi connectivity index (χ0) is 26.5. The summed E-state index contributed by atoms with van der Waals surface area (Å²) in [6.07, 6.45) is 0.977. The van der Waals surface area contributed by atoms with Crippen LogP contribution in [0.5, 0.6) is 11.5 Å².